The maximum Gasteiger partial charge on any atom is 0.317 e. The van der Waals surface area contributed by atoms with E-state index in [9.17, 15) is 4.79 Å². The van der Waals surface area contributed by atoms with Crippen molar-refractivity contribution in [1.29, 1.82) is 0 Å². The van der Waals surface area contributed by atoms with E-state index in [1.54, 1.807) is 11.9 Å². The zero-order chi connectivity index (χ0) is 17.5. The van der Waals surface area contributed by atoms with Crippen molar-refractivity contribution in [3.05, 3.63) is 47.6 Å². The van der Waals surface area contributed by atoms with E-state index < -0.39 is 0 Å². The number of amides is 2. The maximum atomic E-state index is 12.0. The number of rotatable bonds is 6. The molecule has 1 aliphatic heterocycles. The molecule has 0 aliphatic carbocycles. The highest BCUT2D eigenvalue weighted by Gasteiger charge is 2.31. The van der Waals surface area contributed by atoms with E-state index in [-0.39, 0.29) is 12.1 Å². The number of benzene rings is 1. The summed E-state index contributed by atoms with van der Waals surface area (Å²) >= 11 is 0. The molecule has 0 radical (unpaired) electrons. The summed E-state index contributed by atoms with van der Waals surface area (Å²) in [6.07, 6.45) is 3.48. The Bertz CT molecular complexity index is 674. The molecular weight excluding hydrogens is 320 g/mol. The summed E-state index contributed by atoms with van der Waals surface area (Å²) in [4.78, 5) is 18.2. The highest BCUT2D eigenvalue weighted by Crippen LogP contribution is 2.29. The van der Waals surface area contributed by atoms with Gasteiger partial charge >= 0.3 is 6.03 Å². The van der Waals surface area contributed by atoms with Crippen molar-refractivity contribution in [2.75, 3.05) is 20.2 Å². The van der Waals surface area contributed by atoms with E-state index in [0.29, 0.717) is 37.9 Å². The van der Waals surface area contributed by atoms with Gasteiger partial charge in [0.05, 0.1) is 13.2 Å². The summed E-state index contributed by atoms with van der Waals surface area (Å²) in [6.45, 7) is 1.80. The first-order valence-corrected chi connectivity index (χ1v) is 8.70. The Morgan fingerprint density at radius 1 is 1.36 bits per heavy atom. The third-order valence-electron chi connectivity index (χ3n) is 4.33. The lowest BCUT2D eigenvalue weighted by Gasteiger charge is -2.32. The quantitative estimate of drug-likeness (QED) is 0.815. The van der Waals surface area contributed by atoms with Crippen LogP contribution in [0.15, 0.2) is 34.9 Å². The molecular formula is C18H24N4O3. The van der Waals surface area contributed by atoms with Crippen LogP contribution in [0, 0.1) is 0 Å². The monoisotopic (exact) mass is 344 g/mol. The van der Waals surface area contributed by atoms with Crippen molar-refractivity contribution in [3.8, 4) is 0 Å². The number of aromatic nitrogens is 2. The van der Waals surface area contributed by atoms with E-state index in [1.807, 2.05) is 30.3 Å². The van der Waals surface area contributed by atoms with Gasteiger partial charge in [0.1, 0.15) is 6.04 Å². The predicted octanol–water partition coefficient (Wildman–Crippen LogP) is 2.70. The van der Waals surface area contributed by atoms with Gasteiger partial charge in [0.15, 0.2) is 5.82 Å². The van der Waals surface area contributed by atoms with Crippen LogP contribution in [0.1, 0.15) is 42.6 Å². The second kappa shape index (κ2) is 8.62. The van der Waals surface area contributed by atoms with Crippen LogP contribution in [-0.4, -0.2) is 41.3 Å². The second-order valence-electron chi connectivity index (χ2n) is 6.10. The van der Waals surface area contributed by atoms with Gasteiger partial charge in [-0.05, 0) is 24.8 Å². The normalized spacial score (nSPS) is 17.5. The number of carbonyl (C=O) groups is 1. The van der Waals surface area contributed by atoms with Gasteiger partial charge in [-0.25, -0.2) is 4.79 Å². The fourth-order valence-electron chi connectivity index (χ4n) is 3.01. The molecule has 2 amide bonds. The molecule has 0 spiro atoms. The number of hydrogen-bond acceptors (Lipinski definition) is 5. The van der Waals surface area contributed by atoms with Crippen molar-refractivity contribution < 1.29 is 14.1 Å². The number of piperidine rings is 1. The third-order valence-corrected chi connectivity index (χ3v) is 4.33. The molecule has 25 heavy (non-hydrogen) atoms. The molecule has 1 atom stereocenters. The summed E-state index contributed by atoms with van der Waals surface area (Å²) in [5.74, 6) is 1.13. The van der Waals surface area contributed by atoms with E-state index in [1.165, 1.54) is 0 Å². The number of carbonyl (C=O) groups excluding carboxylic acids is 1. The molecule has 1 fully saturated rings. The minimum Gasteiger partial charge on any atom is -0.376 e. The Morgan fingerprint density at radius 2 is 2.20 bits per heavy atom. The molecule has 0 bridgehead atoms. The SMILES string of the molecule is CNC(=O)N1CCCCC1c1nc(CCOCc2ccccc2)no1. The lowest BCUT2D eigenvalue weighted by Crippen LogP contribution is -2.43. The zero-order valence-corrected chi connectivity index (χ0v) is 14.5. The van der Waals surface area contributed by atoms with Gasteiger partial charge in [0.2, 0.25) is 5.89 Å². The van der Waals surface area contributed by atoms with Crippen LogP contribution in [0.4, 0.5) is 4.79 Å². The minimum atomic E-state index is -0.139. The standard InChI is InChI=1S/C18H24N4O3/c1-19-18(23)22-11-6-5-9-15(22)17-20-16(21-25-17)10-12-24-13-14-7-3-2-4-8-14/h2-4,7-8,15H,5-6,9-13H2,1H3,(H,19,23). The number of nitrogens with zero attached hydrogens (tertiary/aromatic N) is 3. The molecule has 1 aromatic heterocycles. The van der Waals surface area contributed by atoms with Crippen LogP contribution in [0.3, 0.4) is 0 Å². The Labute approximate surface area is 147 Å². The number of likely N-dealkylation sites (tertiary alicyclic amines) is 1. The first-order valence-electron chi connectivity index (χ1n) is 8.70. The largest absolute Gasteiger partial charge is 0.376 e. The molecule has 1 aliphatic rings. The summed E-state index contributed by atoms with van der Waals surface area (Å²) < 4.78 is 11.1. The average Bonchev–Trinajstić information content (AvgIpc) is 3.14. The van der Waals surface area contributed by atoms with Crippen LogP contribution in [0.2, 0.25) is 0 Å². The molecule has 7 heteroatoms. The predicted molar refractivity (Wildman–Crippen MR) is 91.9 cm³/mol. The van der Waals surface area contributed by atoms with Crippen LogP contribution < -0.4 is 5.32 Å². The topological polar surface area (TPSA) is 80.5 Å². The van der Waals surface area contributed by atoms with E-state index in [4.69, 9.17) is 9.26 Å². The van der Waals surface area contributed by atoms with E-state index >= 15 is 0 Å². The van der Waals surface area contributed by atoms with Gasteiger partial charge in [0, 0.05) is 20.0 Å². The molecule has 3 rings (SSSR count). The minimum absolute atomic E-state index is 0.101. The van der Waals surface area contributed by atoms with Crippen molar-refractivity contribution >= 4 is 6.03 Å². The molecule has 1 saturated heterocycles. The Balaban J connectivity index is 1.52. The van der Waals surface area contributed by atoms with Crippen molar-refractivity contribution in [3.63, 3.8) is 0 Å². The van der Waals surface area contributed by atoms with Crippen LogP contribution in [-0.2, 0) is 17.8 Å². The van der Waals surface area contributed by atoms with Gasteiger partial charge in [0.25, 0.3) is 0 Å². The molecule has 134 valence electrons. The van der Waals surface area contributed by atoms with E-state index in [2.05, 4.69) is 15.5 Å². The highest BCUT2D eigenvalue weighted by atomic mass is 16.5. The zero-order valence-electron chi connectivity index (χ0n) is 14.5. The van der Waals surface area contributed by atoms with Crippen LogP contribution in [0.25, 0.3) is 0 Å². The summed E-state index contributed by atoms with van der Waals surface area (Å²) in [5, 5.41) is 6.71. The number of ether oxygens (including phenoxy) is 1. The maximum absolute atomic E-state index is 12.0. The van der Waals surface area contributed by atoms with Gasteiger partial charge in [-0.1, -0.05) is 35.5 Å². The number of hydrogen-bond donors (Lipinski definition) is 1. The van der Waals surface area contributed by atoms with Gasteiger partial charge < -0.3 is 19.5 Å². The smallest absolute Gasteiger partial charge is 0.317 e. The molecule has 2 aromatic rings. The average molecular weight is 344 g/mol. The third kappa shape index (κ3) is 4.57. The molecule has 2 heterocycles. The first kappa shape index (κ1) is 17.4. The number of urea groups is 1. The fourth-order valence-corrected chi connectivity index (χ4v) is 3.01. The summed E-state index contributed by atoms with van der Waals surface area (Å²) in [6, 6.07) is 9.79. The Kier molecular flexibility index (Phi) is 6.00. The van der Waals surface area contributed by atoms with Crippen molar-refractivity contribution in [2.45, 2.75) is 38.3 Å². The fraction of sp³-hybridized carbons (Fsp3) is 0.500. The number of nitrogens with one attached hydrogen (secondary N) is 1. The van der Waals surface area contributed by atoms with Crippen molar-refractivity contribution in [2.24, 2.45) is 0 Å². The van der Waals surface area contributed by atoms with E-state index in [0.717, 1.165) is 24.8 Å². The van der Waals surface area contributed by atoms with Crippen molar-refractivity contribution in [1.82, 2.24) is 20.4 Å². The Morgan fingerprint density at radius 3 is 3.00 bits per heavy atom. The molecule has 1 N–H and O–H groups in total. The second-order valence-corrected chi connectivity index (χ2v) is 6.10. The molecule has 1 aromatic carbocycles. The summed E-state index contributed by atoms with van der Waals surface area (Å²) in [7, 11) is 1.64. The lowest BCUT2D eigenvalue weighted by atomic mass is 10.0. The van der Waals surface area contributed by atoms with Gasteiger partial charge in [-0.2, -0.15) is 4.98 Å². The highest BCUT2D eigenvalue weighted by molar-refractivity contribution is 5.74. The molecule has 0 saturated carbocycles. The van der Waals surface area contributed by atoms with Crippen LogP contribution >= 0.6 is 0 Å². The Hall–Kier alpha value is -2.41. The lowest BCUT2D eigenvalue weighted by molar-refractivity contribution is 0.122. The molecule has 7 nitrogen and oxygen atoms in total. The molecule has 1 unspecified atom stereocenters. The summed E-state index contributed by atoms with van der Waals surface area (Å²) in [5.41, 5.74) is 1.14. The van der Waals surface area contributed by atoms with Crippen LogP contribution in [0.5, 0.6) is 0 Å². The van der Waals surface area contributed by atoms with Gasteiger partial charge in [-0.3, -0.25) is 0 Å². The van der Waals surface area contributed by atoms with Gasteiger partial charge in [-0.15, -0.1) is 0 Å². The first-order chi connectivity index (χ1) is 12.3.